The van der Waals surface area contributed by atoms with Crippen molar-refractivity contribution in [2.75, 3.05) is 0 Å². The molecule has 1 aromatic rings. The van der Waals surface area contributed by atoms with Crippen molar-refractivity contribution >= 4 is 22.0 Å². The summed E-state index contributed by atoms with van der Waals surface area (Å²) in [6.45, 7) is 1.87. The average molecular weight is 293 g/mol. The predicted octanol–water partition coefficient (Wildman–Crippen LogP) is 4.05. The smallest absolute Gasteiger partial charge is 0.442 e. The molecule has 1 aliphatic rings. The molecule has 0 fully saturated rings. The predicted molar refractivity (Wildman–Crippen MR) is 58.6 cm³/mol. The summed E-state index contributed by atoms with van der Waals surface area (Å²) in [7, 11) is 0. The highest BCUT2D eigenvalue weighted by atomic mass is 79.9. The third kappa shape index (κ3) is 1.84. The maximum atomic E-state index is 12.7. The second kappa shape index (κ2) is 3.52. The van der Waals surface area contributed by atoms with Crippen molar-refractivity contribution in [2.45, 2.75) is 17.6 Å². The van der Waals surface area contributed by atoms with Gasteiger partial charge >= 0.3 is 6.18 Å². The van der Waals surface area contributed by atoms with Gasteiger partial charge in [-0.15, -0.1) is 0 Å². The summed E-state index contributed by atoms with van der Waals surface area (Å²) in [6, 6.07) is 5.02. The van der Waals surface area contributed by atoms with E-state index in [1.54, 1.807) is 12.1 Å². The minimum absolute atomic E-state index is 0.224. The van der Waals surface area contributed by atoms with Crippen LogP contribution in [0.5, 0.6) is 5.75 Å². The molecule has 0 aromatic heterocycles. The molecule has 1 atom stereocenters. The number of benzene rings is 1. The number of alkyl halides is 4. The summed E-state index contributed by atoms with van der Waals surface area (Å²) in [5, 5.41) is 0. The molecule has 16 heavy (non-hydrogen) atoms. The van der Waals surface area contributed by atoms with Crippen molar-refractivity contribution in [1.29, 1.82) is 0 Å². The maximum absolute atomic E-state index is 12.7. The topological polar surface area (TPSA) is 9.23 Å². The molecule has 0 radical (unpaired) electrons. The third-order valence-electron chi connectivity index (χ3n) is 2.29. The number of hydrogen-bond donors (Lipinski definition) is 0. The fourth-order valence-corrected chi connectivity index (χ4v) is 1.74. The van der Waals surface area contributed by atoms with Gasteiger partial charge in [-0.25, -0.2) is 0 Å². The molecule has 1 nitrogen and oxygen atoms in total. The molecule has 0 saturated carbocycles. The molecule has 2 rings (SSSR count). The van der Waals surface area contributed by atoms with Crippen LogP contribution >= 0.6 is 15.9 Å². The Kier molecular flexibility index (Phi) is 2.53. The lowest BCUT2D eigenvalue weighted by Crippen LogP contribution is -2.43. The van der Waals surface area contributed by atoms with Gasteiger partial charge in [0.25, 0.3) is 4.51 Å². The van der Waals surface area contributed by atoms with Crippen LogP contribution < -0.4 is 4.74 Å². The quantitative estimate of drug-likeness (QED) is 0.656. The molecule has 1 unspecified atom stereocenters. The summed E-state index contributed by atoms with van der Waals surface area (Å²) >= 11 is 2.57. The minimum Gasteiger partial charge on any atom is -0.462 e. The fourth-order valence-electron chi connectivity index (χ4n) is 1.43. The molecule has 0 saturated heterocycles. The first-order valence-corrected chi connectivity index (χ1v) is 5.36. The van der Waals surface area contributed by atoms with Gasteiger partial charge in [-0.1, -0.05) is 17.7 Å². The zero-order valence-electron chi connectivity index (χ0n) is 8.31. The first-order valence-electron chi connectivity index (χ1n) is 4.56. The number of halogens is 4. The molecule has 0 amide bonds. The first kappa shape index (κ1) is 11.5. The molecule has 0 aliphatic carbocycles. The van der Waals surface area contributed by atoms with Gasteiger partial charge in [0.1, 0.15) is 5.75 Å². The highest BCUT2D eigenvalue weighted by molar-refractivity contribution is 9.10. The van der Waals surface area contributed by atoms with E-state index in [1.807, 2.05) is 6.92 Å². The standard InChI is InChI=1S/C11H8BrF3O/c1-7-2-3-9-8(6-7)4-5-10(12,16-9)11(13,14)15/h2-6H,1H3. The van der Waals surface area contributed by atoms with Gasteiger partial charge in [-0.05, 0) is 41.1 Å². The van der Waals surface area contributed by atoms with Gasteiger partial charge in [0.05, 0.1) is 0 Å². The van der Waals surface area contributed by atoms with Gasteiger partial charge in [0, 0.05) is 5.56 Å². The van der Waals surface area contributed by atoms with Gasteiger partial charge in [-0.3, -0.25) is 0 Å². The van der Waals surface area contributed by atoms with Crippen molar-refractivity contribution in [3.05, 3.63) is 35.4 Å². The van der Waals surface area contributed by atoms with E-state index in [0.717, 1.165) is 11.6 Å². The monoisotopic (exact) mass is 292 g/mol. The average Bonchev–Trinajstić information content (AvgIpc) is 2.17. The highest BCUT2D eigenvalue weighted by Crippen LogP contribution is 2.44. The minimum atomic E-state index is -4.49. The number of aryl methyl sites for hydroxylation is 1. The van der Waals surface area contributed by atoms with E-state index in [-0.39, 0.29) is 5.75 Å². The number of fused-ring (bicyclic) bond motifs is 1. The molecular formula is C11H8BrF3O. The van der Waals surface area contributed by atoms with Crippen LogP contribution in [0.15, 0.2) is 24.3 Å². The van der Waals surface area contributed by atoms with Crippen molar-refractivity contribution in [2.24, 2.45) is 0 Å². The summed E-state index contributed by atoms with van der Waals surface area (Å²) in [5.74, 6) is 0.224. The van der Waals surface area contributed by atoms with Crippen molar-refractivity contribution < 1.29 is 17.9 Å². The summed E-state index contributed by atoms with van der Waals surface area (Å²) in [5.41, 5.74) is 1.63. The highest BCUT2D eigenvalue weighted by Gasteiger charge is 2.55. The van der Waals surface area contributed by atoms with Crippen LogP contribution in [-0.2, 0) is 0 Å². The molecule has 0 spiro atoms. The van der Waals surface area contributed by atoms with E-state index < -0.39 is 10.7 Å². The SMILES string of the molecule is Cc1ccc2c(c1)C=CC(Br)(C(F)(F)F)O2. The van der Waals surface area contributed by atoms with E-state index in [2.05, 4.69) is 15.9 Å². The maximum Gasteiger partial charge on any atom is 0.442 e. The lowest BCUT2D eigenvalue weighted by molar-refractivity contribution is -0.191. The molecule has 5 heteroatoms. The van der Waals surface area contributed by atoms with Gasteiger partial charge < -0.3 is 4.74 Å². The molecule has 1 aliphatic heterocycles. The number of hydrogen-bond acceptors (Lipinski definition) is 1. The van der Waals surface area contributed by atoms with Crippen molar-refractivity contribution in [1.82, 2.24) is 0 Å². The number of ether oxygens (including phenoxy) is 1. The van der Waals surface area contributed by atoms with Crippen LogP contribution in [0.2, 0.25) is 0 Å². The Labute approximate surface area is 99.0 Å². The second-order valence-corrected chi connectivity index (χ2v) is 4.80. The molecule has 86 valence electrons. The van der Waals surface area contributed by atoms with Crippen LogP contribution in [0.1, 0.15) is 11.1 Å². The summed E-state index contributed by atoms with van der Waals surface area (Å²) in [4.78, 5) is 0. The Morgan fingerprint density at radius 3 is 2.62 bits per heavy atom. The summed E-state index contributed by atoms with van der Waals surface area (Å²) in [6.07, 6.45) is -2.12. The van der Waals surface area contributed by atoms with Crippen LogP contribution in [0.4, 0.5) is 13.2 Å². The van der Waals surface area contributed by atoms with Crippen LogP contribution in [0.25, 0.3) is 6.08 Å². The van der Waals surface area contributed by atoms with E-state index >= 15 is 0 Å². The van der Waals surface area contributed by atoms with Crippen molar-refractivity contribution in [3.8, 4) is 5.75 Å². The van der Waals surface area contributed by atoms with Crippen molar-refractivity contribution in [3.63, 3.8) is 0 Å². The van der Waals surface area contributed by atoms with Crippen LogP contribution in [0, 0.1) is 6.92 Å². The van der Waals surface area contributed by atoms with Crippen LogP contribution in [0.3, 0.4) is 0 Å². The van der Waals surface area contributed by atoms with Crippen LogP contribution in [-0.4, -0.2) is 10.7 Å². The molecule has 1 aromatic carbocycles. The Hall–Kier alpha value is -0.970. The molecule has 0 bridgehead atoms. The van der Waals surface area contributed by atoms with Gasteiger partial charge in [0.15, 0.2) is 0 Å². The Bertz CT molecular complexity index is 453. The van der Waals surface area contributed by atoms with Gasteiger partial charge in [-0.2, -0.15) is 13.2 Å². The second-order valence-electron chi connectivity index (χ2n) is 3.62. The lowest BCUT2D eigenvalue weighted by Gasteiger charge is -2.31. The fraction of sp³-hybridized carbons (Fsp3) is 0.273. The van der Waals surface area contributed by atoms with E-state index in [4.69, 9.17) is 4.74 Å². The normalized spacial score (nSPS) is 23.8. The Balaban J connectivity index is 2.43. The molecule has 0 N–H and O–H groups in total. The first-order chi connectivity index (χ1) is 7.32. The van der Waals surface area contributed by atoms with E-state index in [1.165, 1.54) is 12.1 Å². The Morgan fingerprint density at radius 2 is 2.00 bits per heavy atom. The number of rotatable bonds is 0. The lowest BCUT2D eigenvalue weighted by atomic mass is 10.1. The molecule has 1 heterocycles. The summed E-state index contributed by atoms with van der Waals surface area (Å²) < 4.78 is 40.6. The zero-order chi connectivity index (χ0) is 12.0. The largest absolute Gasteiger partial charge is 0.462 e. The van der Waals surface area contributed by atoms with E-state index in [0.29, 0.717) is 5.56 Å². The molecular weight excluding hydrogens is 285 g/mol. The third-order valence-corrected chi connectivity index (χ3v) is 3.16. The Morgan fingerprint density at radius 1 is 1.31 bits per heavy atom. The van der Waals surface area contributed by atoms with E-state index in [9.17, 15) is 13.2 Å². The zero-order valence-corrected chi connectivity index (χ0v) is 9.89. The van der Waals surface area contributed by atoms with Gasteiger partial charge in [0.2, 0.25) is 0 Å².